The van der Waals surface area contributed by atoms with E-state index >= 15 is 0 Å². The highest BCUT2D eigenvalue weighted by Gasteiger charge is 2.26. The van der Waals surface area contributed by atoms with Crippen LogP contribution in [0.3, 0.4) is 0 Å². The van der Waals surface area contributed by atoms with E-state index in [0.29, 0.717) is 51.0 Å². The number of carbonyl (C=O) groups is 2. The third-order valence-corrected chi connectivity index (χ3v) is 6.62. The minimum Gasteiger partial charge on any atom is -0.486 e. The SMILES string of the molecule is CC(C)(C)OC(=O)N1CCc2cc(C(=O)Nc3nnc(COc4ccc(Cl)c(Cl)c4)s3)ccc2C1. The molecule has 0 fully saturated rings. The highest BCUT2D eigenvalue weighted by molar-refractivity contribution is 7.15. The van der Waals surface area contributed by atoms with Crippen LogP contribution in [0.5, 0.6) is 5.75 Å². The highest BCUT2D eigenvalue weighted by Crippen LogP contribution is 2.28. The molecule has 11 heteroatoms. The number of aromatic nitrogens is 2. The number of anilines is 1. The monoisotopic (exact) mass is 534 g/mol. The van der Waals surface area contributed by atoms with Gasteiger partial charge < -0.3 is 14.4 Å². The van der Waals surface area contributed by atoms with E-state index in [2.05, 4.69) is 15.5 Å². The molecule has 4 rings (SSSR count). The van der Waals surface area contributed by atoms with E-state index in [-0.39, 0.29) is 18.6 Å². The number of carbonyl (C=O) groups excluding carboxylic acids is 2. The molecule has 2 aromatic carbocycles. The van der Waals surface area contributed by atoms with Crippen molar-refractivity contribution < 1.29 is 19.1 Å². The predicted molar refractivity (Wildman–Crippen MR) is 135 cm³/mol. The van der Waals surface area contributed by atoms with Crippen molar-refractivity contribution in [1.82, 2.24) is 15.1 Å². The summed E-state index contributed by atoms with van der Waals surface area (Å²) in [5, 5.41) is 12.7. The van der Waals surface area contributed by atoms with E-state index in [0.717, 1.165) is 11.1 Å². The summed E-state index contributed by atoms with van der Waals surface area (Å²) in [4.78, 5) is 26.8. The van der Waals surface area contributed by atoms with Crippen LogP contribution in [-0.4, -0.2) is 39.2 Å². The molecular formula is C24H24Cl2N4O4S. The average Bonchev–Trinajstić information content (AvgIpc) is 3.25. The van der Waals surface area contributed by atoms with Gasteiger partial charge >= 0.3 is 6.09 Å². The molecule has 0 aliphatic carbocycles. The summed E-state index contributed by atoms with van der Waals surface area (Å²) in [5.41, 5.74) is 2.00. The van der Waals surface area contributed by atoms with Crippen molar-refractivity contribution in [1.29, 1.82) is 0 Å². The van der Waals surface area contributed by atoms with Gasteiger partial charge in [0.05, 0.1) is 10.0 Å². The Morgan fingerprint density at radius 3 is 2.63 bits per heavy atom. The normalized spacial score (nSPS) is 13.2. The Balaban J connectivity index is 1.34. The molecule has 3 aromatic rings. The van der Waals surface area contributed by atoms with Crippen molar-refractivity contribution in [2.45, 2.75) is 45.9 Å². The molecule has 0 bridgehead atoms. The van der Waals surface area contributed by atoms with Gasteiger partial charge in [-0.25, -0.2) is 4.79 Å². The van der Waals surface area contributed by atoms with E-state index in [1.54, 1.807) is 29.2 Å². The first-order valence-corrected chi connectivity index (χ1v) is 12.5. The fraction of sp³-hybridized carbons (Fsp3) is 0.333. The zero-order valence-electron chi connectivity index (χ0n) is 19.4. The van der Waals surface area contributed by atoms with Gasteiger partial charge in [0.2, 0.25) is 5.13 Å². The first-order valence-electron chi connectivity index (χ1n) is 10.9. The van der Waals surface area contributed by atoms with E-state index in [9.17, 15) is 9.59 Å². The number of benzene rings is 2. The van der Waals surface area contributed by atoms with E-state index in [4.69, 9.17) is 32.7 Å². The molecule has 8 nitrogen and oxygen atoms in total. The molecule has 0 radical (unpaired) electrons. The fourth-order valence-corrected chi connectivity index (χ4v) is 4.36. The van der Waals surface area contributed by atoms with E-state index in [1.165, 1.54) is 11.3 Å². The quantitative estimate of drug-likeness (QED) is 0.433. The van der Waals surface area contributed by atoms with Crippen LogP contribution in [0.15, 0.2) is 36.4 Å². The van der Waals surface area contributed by atoms with Gasteiger partial charge in [0.25, 0.3) is 5.91 Å². The molecule has 1 aliphatic heterocycles. The molecule has 35 heavy (non-hydrogen) atoms. The molecule has 2 amide bonds. The van der Waals surface area contributed by atoms with Crippen LogP contribution >= 0.6 is 34.5 Å². The minimum absolute atomic E-state index is 0.179. The Bertz CT molecular complexity index is 1260. The number of amides is 2. The van der Waals surface area contributed by atoms with Crippen LogP contribution in [0.25, 0.3) is 0 Å². The Morgan fingerprint density at radius 2 is 1.89 bits per heavy atom. The first-order chi connectivity index (χ1) is 16.6. The second kappa shape index (κ2) is 10.4. The maximum Gasteiger partial charge on any atom is 0.410 e. The largest absolute Gasteiger partial charge is 0.486 e. The molecule has 1 aliphatic rings. The summed E-state index contributed by atoms with van der Waals surface area (Å²) >= 11 is 13.1. The molecule has 0 atom stereocenters. The lowest BCUT2D eigenvalue weighted by Gasteiger charge is -2.31. The molecule has 0 spiro atoms. The van der Waals surface area contributed by atoms with E-state index in [1.807, 2.05) is 32.9 Å². The van der Waals surface area contributed by atoms with Crippen molar-refractivity contribution in [2.24, 2.45) is 0 Å². The average molecular weight is 535 g/mol. The molecule has 184 valence electrons. The van der Waals surface area contributed by atoms with Crippen LogP contribution in [0, 0.1) is 0 Å². The lowest BCUT2D eigenvalue weighted by Crippen LogP contribution is -2.39. The maximum atomic E-state index is 12.8. The van der Waals surface area contributed by atoms with Gasteiger partial charge in [-0.2, -0.15) is 0 Å². The third-order valence-electron chi connectivity index (χ3n) is 5.07. The van der Waals surface area contributed by atoms with Crippen LogP contribution in [0.4, 0.5) is 9.93 Å². The van der Waals surface area contributed by atoms with Crippen molar-refractivity contribution in [3.8, 4) is 5.75 Å². The Morgan fingerprint density at radius 1 is 1.09 bits per heavy atom. The number of rotatable bonds is 5. The van der Waals surface area contributed by atoms with Gasteiger partial charge in [0, 0.05) is 24.7 Å². The zero-order chi connectivity index (χ0) is 25.2. The van der Waals surface area contributed by atoms with Gasteiger partial charge in [-0.3, -0.25) is 10.1 Å². The molecule has 2 heterocycles. The van der Waals surface area contributed by atoms with E-state index < -0.39 is 5.60 Å². The molecular weight excluding hydrogens is 511 g/mol. The molecule has 0 saturated carbocycles. The zero-order valence-corrected chi connectivity index (χ0v) is 21.8. The summed E-state index contributed by atoms with van der Waals surface area (Å²) in [6.07, 6.45) is 0.310. The molecule has 0 unspecified atom stereocenters. The van der Waals surface area contributed by atoms with Crippen molar-refractivity contribution in [3.05, 3.63) is 68.1 Å². The smallest absolute Gasteiger partial charge is 0.410 e. The summed E-state index contributed by atoms with van der Waals surface area (Å²) < 4.78 is 11.1. The summed E-state index contributed by atoms with van der Waals surface area (Å²) in [6, 6.07) is 10.4. The van der Waals surface area contributed by atoms with Crippen molar-refractivity contribution in [2.75, 3.05) is 11.9 Å². The second-order valence-electron chi connectivity index (χ2n) is 8.96. The van der Waals surface area contributed by atoms with Gasteiger partial charge in [0.1, 0.15) is 18.0 Å². The maximum absolute atomic E-state index is 12.8. The van der Waals surface area contributed by atoms with Gasteiger partial charge in [0.15, 0.2) is 5.01 Å². The molecule has 0 saturated heterocycles. The number of ether oxygens (including phenoxy) is 2. The van der Waals surface area contributed by atoms with Gasteiger partial charge in [-0.1, -0.05) is 40.6 Å². The molecule has 1 aromatic heterocycles. The van der Waals surface area contributed by atoms with Crippen LogP contribution in [0.1, 0.15) is 47.3 Å². The van der Waals surface area contributed by atoms with Gasteiger partial charge in [-0.05, 0) is 62.6 Å². The predicted octanol–water partition coefficient (Wildman–Crippen LogP) is 5.97. The number of fused-ring (bicyclic) bond motifs is 1. The summed E-state index contributed by atoms with van der Waals surface area (Å²) in [6.45, 7) is 6.70. The standard InChI is InChI=1S/C24H24Cl2N4O4S/c1-24(2,3)34-23(32)30-9-8-14-10-15(4-5-16(14)12-30)21(31)27-22-29-28-20(35-22)13-33-17-6-7-18(25)19(26)11-17/h4-7,10-11H,8-9,12-13H2,1-3H3,(H,27,29,31). The Hall–Kier alpha value is -2.88. The van der Waals surface area contributed by atoms with Crippen LogP contribution < -0.4 is 10.1 Å². The number of nitrogens with zero attached hydrogens (tertiary/aromatic N) is 3. The highest BCUT2D eigenvalue weighted by atomic mass is 35.5. The minimum atomic E-state index is -0.542. The number of nitrogens with one attached hydrogen (secondary N) is 1. The lowest BCUT2D eigenvalue weighted by molar-refractivity contribution is 0.0224. The lowest BCUT2D eigenvalue weighted by atomic mass is 9.97. The van der Waals surface area contributed by atoms with Crippen molar-refractivity contribution in [3.63, 3.8) is 0 Å². The Labute approximate surface area is 217 Å². The number of hydrogen-bond donors (Lipinski definition) is 1. The van der Waals surface area contributed by atoms with Gasteiger partial charge in [-0.15, -0.1) is 10.2 Å². The molecule has 1 N–H and O–H groups in total. The first kappa shape index (κ1) is 25.2. The van der Waals surface area contributed by atoms with Crippen molar-refractivity contribution >= 4 is 51.7 Å². The summed E-state index contributed by atoms with van der Waals surface area (Å²) in [5.74, 6) is 0.273. The van der Waals surface area contributed by atoms with Crippen LogP contribution in [0.2, 0.25) is 10.0 Å². The second-order valence-corrected chi connectivity index (χ2v) is 10.8. The summed E-state index contributed by atoms with van der Waals surface area (Å²) in [7, 11) is 0. The Kier molecular flexibility index (Phi) is 7.49. The number of hydrogen-bond acceptors (Lipinski definition) is 7. The number of halogens is 2. The topological polar surface area (TPSA) is 93.7 Å². The third kappa shape index (κ3) is 6.62. The fourth-order valence-electron chi connectivity index (χ4n) is 3.42. The van der Waals surface area contributed by atoms with Crippen LogP contribution in [-0.2, 0) is 24.3 Å².